The molecule has 0 amide bonds. The predicted octanol–water partition coefficient (Wildman–Crippen LogP) is 1.91. The second kappa shape index (κ2) is 4.64. The molecule has 0 unspecified atom stereocenters. The molecule has 2 aliphatic rings. The Morgan fingerprint density at radius 1 is 1.22 bits per heavy atom. The van der Waals surface area contributed by atoms with E-state index in [0.717, 1.165) is 29.0 Å². The van der Waals surface area contributed by atoms with Crippen LogP contribution in [0.2, 0.25) is 0 Å². The molecule has 1 heterocycles. The molecule has 0 radical (unpaired) electrons. The van der Waals surface area contributed by atoms with Gasteiger partial charge in [-0.25, -0.2) is 8.42 Å². The molecule has 100 valence electrons. The molecule has 2 aliphatic carbocycles. The van der Waals surface area contributed by atoms with E-state index in [1.54, 1.807) is 6.20 Å². The van der Waals surface area contributed by atoms with Gasteiger partial charge in [-0.1, -0.05) is 30.9 Å². The van der Waals surface area contributed by atoms with Crippen LogP contribution in [0, 0.1) is 5.92 Å². The molecule has 2 saturated carbocycles. The summed E-state index contributed by atoms with van der Waals surface area (Å²) in [5.41, 5.74) is 0.833. The Morgan fingerprint density at radius 3 is 2.61 bits per heavy atom. The normalized spacial score (nSPS) is 21.6. The van der Waals surface area contributed by atoms with Gasteiger partial charge in [-0.2, -0.15) is 0 Å². The maximum absolute atomic E-state index is 12.1. The Hall–Kier alpha value is -0.910. The fraction of sp³-hybridized carbons (Fsp3) is 0.833. The van der Waals surface area contributed by atoms with Crippen molar-refractivity contribution in [3.63, 3.8) is 0 Å². The van der Waals surface area contributed by atoms with Crippen LogP contribution in [0.5, 0.6) is 0 Å². The minimum atomic E-state index is -3.29. The molecule has 1 aromatic rings. The molecule has 0 N–H and O–H groups in total. The van der Waals surface area contributed by atoms with E-state index in [-0.39, 0.29) is 5.75 Å². The van der Waals surface area contributed by atoms with Crippen molar-refractivity contribution < 1.29 is 8.42 Å². The highest BCUT2D eigenvalue weighted by atomic mass is 32.2. The van der Waals surface area contributed by atoms with Crippen molar-refractivity contribution in [3.8, 4) is 0 Å². The second-order valence-electron chi connectivity index (χ2n) is 5.55. The van der Waals surface area contributed by atoms with Crippen molar-refractivity contribution >= 4 is 10.0 Å². The van der Waals surface area contributed by atoms with Crippen LogP contribution in [-0.4, -0.2) is 28.6 Å². The molecule has 0 aliphatic heterocycles. The predicted molar refractivity (Wildman–Crippen MR) is 67.8 cm³/mol. The first kappa shape index (κ1) is 12.1. The molecule has 6 heteroatoms. The maximum atomic E-state index is 12.1. The van der Waals surface area contributed by atoms with Gasteiger partial charge in [-0.05, 0) is 25.2 Å². The van der Waals surface area contributed by atoms with Gasteiger partial charge in [0.2, 0.25) is 0 Å². The fourth-order valence-corrected chi connectivity index (χ4v) is 3.91. The summed E-state index contributed by atoms with van der Waals surface area (Å²) in [6.45, 7) is 0. The summed E-state index contributed by atoms with van der Waals surface area (Å²) in [4.78, 5) is 0. The number of hydrogen-bond acceptors (Lipinski definition) is 4. The van der Waals surface area contributed by atoms with Crippen LogP contribution in [0.3, 0.4) is 0 Å². The number of hydrogen-bond donors (Lipinski definition) is 0. The Morgan fingerprint density at radius 2 is 1.94 bits per heavy atom. The Kier molecular flexibility index (Phi) is 3.13. The fourth-order valence-electron chi connectivity index (χ4n) is 2.67. The number of nitrogens with zero attached hydrogens (tertiary/aromatic N) is 3. The molecule has 5 nitrogen and oxygen atoms in total. The third-order valence-corrected chi connectivity index (χ3v) is 5.53. The SMILES string of the molecule is O=S(=O)(CCC1CCCC1)n1cc(C2CC2)nn1. The smallest absolute Gasteiger partial charge is 0.205 e. The van der Waals surface area contributed by atoms with Crippen LogP contribution in [-0.2, 0) is 10.0 Å². The van der Waals surface area contributed by atoms with E-state index < -0.39 is 10.0 Å². The maximum Gasteiger partial charge on any atom is 0.255 e. The molecule has 0 atom stereocenters. The van der Waals surface area contributed by atoms with Gasteiger partial charge in [-0.3, -0.25) is 0 Å². The largest absolute Gasteiger partial charge is 0.255 e. The third-order valence-electron chi connectivity index (χ3n) is 4.03. The van der Waals surface area contributed by atoms with Crippen molar-refractivity contribution in [2.75, 3.05) is 5.75 Å². The van der Waals surface area contributed by atoms with Crippen molar-refractivity contribution in [1.29, 1.82) is 0 Å². The lowest BCUT2D eigenvalue weighted by Crippen LogP contribution is -2.19. The first-order chi connectivity index (χ1) is 8.65. The van der Waals surface area contributed by atoms with Gasteiger partial charge in [0.05, 0.1) is 17.6 Å². The second-order valence-corrected chi connectivity index (χ2v) is 7.49. The van der Waals surface area contributed by atoms with Gasteiger partial charge in [-0.15, -0.1) is 9.19 Å². The molecule has 18 heavy (non-hydrogen) atoms. The first-order valence-electron chi connectivity index (χ1n) is 6.80. The van der Waals surface area contributed by atoms with Crippen LogP contribution >= 0.6 is 0 Å². The molecule has 3 rings (SSSR count). The standard InChI is InChI=1S/C12H19N3O2S/c16-18(17,8-7-10-3-1-2-4-10)15-9-12(13-14-15)11-5-6-11/h9-11H,1-8H2. The topological polar surface area (TPSA) is 64.8 Å². The van der Waals surface area contributed by atoms with Gasteiger partial charge in [0.1, 0.15) is 0 Å². The molecule has 0 spiro atoms. The van der Waals surface area contributed by atoms with E-state index in [1.807, 2.05) is 0 Å². The van der Waals surface area contributed by atoms with E-state index in [4.69, 9.17) is 0 Å². The molecule has 2 fully saturated rings. The summed E-state index contributed by atoms with van der Waals surface area (Å²) >= 11 is 0. The molecule has 0 bridgehead atoms. The van der Waals surface area contributed by atoms with Gasteiger partial charge in [0.25, 0.3) is 10.0 Å². The average Bonchev–Trinajstić information content (AvgIpc) is 2.89. The Bertz CT molecular complexity index is 513. The summed E-state index contributed by atoms with van der Waals surface area (Å²) < 4.78 is 25.3. The summed E-state index contributed by atoms with van der Waals surface area (Å²) in [6, 6.07) is 0. The van der Waals surface area contributed by atoms with Gasteiger partial charge in [0.15, 0.2) is 0 Å². The van der Waals surface area contributed by atoms with Gasteiger partial charge < -0.3 is 0 Å². The molecule has 1 aromatic heterocycles. The summed E-state index contributed by atoms with van der Waals surface area (Å²) in [5.74, 6) is 1.24. The summed E-state index contributed by atoms with van der Waals surface area (Å²) in [6.07, 6.45) is 9.45. The average molecular weight is 269 g/mol. The number of aromatic nitrogens is 3. The number of rotatable bonds is 5. The van der Waals surface area contributed by atoms with Gasteiger partial charge >= 0.3 is 0 Å². The molecule has 0 aromatic carbocycles. The highest BCUT2D eigenvalue weighted by Gasteiger charge is 2.28. The van der Waals surface area contributed by atoms with Crippen molar-refractivity contribution in [2.45, 2.75) is 50.9 Å². The summed E-state index contributed by atoms with van der Waals surface area (Å²) in [5, 5.41) is 7.73. The third kappa shape index (κ3) is 2.58. The highest BCUT2D eigenvalue weighted by Crippen LogP contribution is 2.38. The lowest BCUT2D eigenvalue weighted by atomic mass is 10.1. The zero-order valence-corrected chi connectivity index (χ0v) is 11.3. The van der Waals surface area contributed by atoms with Crippen LogP contribution in [0.4, 0.5) is 0 Å². The zero-order valence-electron chi connectivity index (χ0n) is 10.5. The summed E-state index contributed by atoms with van der Waals surface area (Å²) in [7, 11) is -3.29. The highest BCUT2D eigenvalue weighted by molar-refractivity contribution is 7.89. The lowest BCUT2D eigenvalue weighted by molar-refractivity contribution is 0.516. The van der Waals surface area contributed by atoms with Crippen LogP contribution in [0.25, 0.3) is 0 Å². The molecular formula is C12H19N3O2S. The lowest BCUT2D eigenvalue weighted by Gasteiger charge is -2.08. The quantitative estimate of drug-likeness (QED) is 0.819. The minimum Gasteiger partial charge on any atom is -0.205 e. The monoisotopic (exact) mass is 269 g/mol. The van der Waals surface area contributed by atoms with E-state index in [0.29, 0.717) is 11.8 Å². The van der Waals surface area contributed by atoms with Crippen molar-refractivity contribution in [2.24, 2.45) is 5.92 Å². The van der Waals surface area contributed by atoms with E-state index in [1.165, 1.54) is 25.7 Å². The van der Waals surface area contributed by atoms with Crippen molar-refractivity contribution in [3.05, 3.63) is 11.9 Å². The molecule has 0 saturated heterocycles. The minimum absolute atomic E-state index is 0.200. The Balaban J connectivity index is 1.64. The van der Waals surface area contributed by atoms with E-state index in [9.17, 15) is 8.42 Å². The molecular weight excluding hydrogens is 250 g/mol. The Labute approximate surface area is 108 Å². The van der Waals surface area contributed by atoms with Gasteiger partial charge in [0, 0.05) is 5.92 Å². The van der Waals surface area contributed by atoms with Crippen LogP contribution in [0.15, 0.2) is 6.20 Å². The van der Waals surface area contributed by atoms with Crippen LogP contribution in [0.1, 0.15) is 56.6 Å². The van der Waals surface area contributed by atoms with E-state index in [2.05, 4.69) is 10.3 Å². The first-order valence-corrected chi connectivity index (χ1v) is 8.41. The van der Waals surface area contributed by atoms with Crippen LogP contribution < -0.4 is 0 Å². The zero-order chi connectivity index (χ0) is 12.6. The van der Waals surface area contributed by atoms with E-state index >= 15 is 0 Å². The van der Waals surface area contributed by atoms with Crippen molar-refractivity contribution in [1.82, 2.24) is 14.4 Å².